The highest BCUT2D eigenvalue weighted by atomic mass is 35.5. The van der Waals surface area contributed by atoms with Gasteiger partial charge in [-0.25, -0.2) is 0 Å². The molecule has 0 bridgehead atoms. The highest BCUT2D eigenvalue weighted by molar-refractivity contribution is 6.31. The third kappa shape index (κ3) is 4.55. The van der Waals surface area contributed by atoms with E-state index in [-0.39, 0.29) is 11.3 Å². The molecular weight excluding hydrogens is 467 g/mol. The van der Waals surface area contributed by atoms with Crippen molar-refractivity contribution in [2.75, 3.05) is 18.4 Å². The second-order valence-electron chi connectivity index (χ2n) is 8.50. The van der Waals surface area contributed by atoms with E-state index in [1.165, 1.54) is 12.1 Å². The molecule has 0 radical (unpaired) electrons. The molecule has 1 saturated heterocycles. The van der Waals surface area contributed by atoms with Crippen molar-refractivity contribution in [3.8, 4) is 0 Å². The zero-order valence-corrected chi connectivity index (χ0v) is 19.2. The van der Waals surface area contributed by atoms with Crippen molar-refractivity contribution < 1.29 is 18.0 Å². The van der Waals surface area contributed by atoms with Crippen LogP contribution in [0.15, 0.2) is 66.1 Å². The Labute approximate surface area is 199 Å². The van der Waals surface area contributed by atoms with Gasteiger partial charge in [-0.15, -0.1) is 0 Å². The van der Waals surface area contributed by atoms with Crippen LogP contribution in [-0.2, 0) is 16.9 Å². The number of likely N-dealkylation sites (tertiary alicyclic amines) is 1. The maximum Gasteiger partial charge on any atom is 0.406 e. The SMILES string of the molecule is C=CC(=O)N1CCC(Nc2ccc3ccn(CC(F)(F)F)c(=O)c3c2)(c2cccc(Cl)c2C)C1. The van der Waals surface area contributed by atoms with Gasteiger partial charge < -0.3 is 14.8 Å². The largest absolute Gasteiger partial charge is 0.406 e. The number of pyridine rings is 1. The van der Waals surface area contributed by atoms with Crippen LogP contribution in [0.25, 0.3) is 10.8 Å². The lowest BCUT2D eigenvalue weighted by molar-refractivity contribution is -0.141. The van der Waals surface area contributed by atoms with Crippen LogP contribution in [0.4, 0.5) is 18.9 Å². The molecular formula is C25H23ClF3N3O2. The number of halogens is 4. The topological polar surface area (TPSA) is 54.3 Å². The zero-order chi connectivity index (χ0) is 24.7. The molecule has 2 heterocycles. The fourth-order valence-electron chi connectivity index (χ4n) is 4.59. The molecule has 3 aromatic rings. The van der Waals surface area contributed by atoms with E-state index in [2.05, 4.69) is 11.9 Å². The van der Waals surface area contributed by atoms with Crippen LogP contribution >= 0.6 is 11.6 Å². The van der Waals surface area contributed by atoms with Gasteiger partial charge in [0.2, 0.25) is 5.91 Å². The van der Waals surface area contributed by atoms with Crippen LogP contribution in [0, 0.1) is 6.92 Å². The van der Waals surface area contributed by atoms with E-state index >= 15 is 0 Å². The number of nitrogens with one attached hydrogen (secondary N) is 1. The summed E-state index contributed by atoms with van der Waals surface area (Å²) in [6, 6.07) is 12.1. The van der Waals surface area contributed by atoms with E-state index in [0.29, 0.717) is 40.2 Å². The second kappa shape index (κ2) is 8.83. The van der Waals surface area contributed by atoms with Gasteiger partial charge >= 0.3 is 6.18 Å². The molecule has 1 unspecified atom stereocenters. The molecule has 4 rings (SSSR count). The third-order valence-corrected chi connectivity index (χ3v) is 6.66. The van der Waals surface area contributed by atoms with Crippen molar-refractivity contribution in [1.82, 2.24) is 9.47 Å². The van der Waals surface area contributed by atoms with Gasteiger partial charge in [0, 0.05) is 35.4 Å². The normalized spacial score (nSPS) is 18.3. The molecule has 0 saturated carbocycles. The van der Waals surface area contributed by atoms with Crippen molar-refractivity contribution >= 4 is 34.0 Å². The smallest absolute Gasteiger partial charge is 0.374 e. The summed E-state index contributed by atoms with van der Waals surface area (Å²) in [7, 11) is 0. The molecule has 0 aliphatic carbocycles. The van der Waals surface area contributed by atoms with E-state index in [9.17, 15) is 22.8 Å². The van der Waals surface area contributed by atoms with Crippen LogP contribution in [0.1, 0.15) is 17.5 Å². The molecule has 1 N–H and O–H groups in total. The van der Waals surface area contributed by atoms with Gasteiger partial charge in [-0.3, -0.25) is 9.59 Å². The van der Waals surface area contributed by atoms with Gasteiger partial charge in [-0.1, -0.05) is 36.4 Å². The Morgan fingerprint density at radius 2 is 2.03 bits per heavy atom. The van der Waals surface area contributed by atoms with Gasteiger partial charge in [-0.2, -0.15) is 13.2 Å². The predicted octanol–water partition coefficient (Wildman–Crippen LogP) is 5.25. The van der Waals surface area contributed by atoms with E-state index in [1.807, 2.05) is 19.1 Å². The second-order valence-corrected chi connectivity index (χ2v) is 8.91. The number of anilines is 1. The summed E-state index contributed by atoms with van der Waals surface area (Å²) >= 11 is 6.39. The maximum absolute atomic E-state index is 12.9. The van der Waals surface area contributed by atoms with Crippen LogP contribution < -0.4 is 10.9 Å². The number of carbonyl (C=O) groups is 1. The van der Waals surface area contributed by atoms with Crippen LogP contribution in [0.3, 0.4) is 0 Å². The van der Waals surface area contributed by atoms with Gasteiger partial charge in [0.1, 0.15) is 6.54 Å². The first-order valence-electron chi connectivity index (χ1n) is 10.7. The van der Waals surface area contributed by atoms with Crippen molar-refractivity contribution in [3.63, 3.8) is 0 Å². The molecule has 1 aliphatic rings. The average molecular weight is 490 g/mol. The lowest BCUT2D eigenvalue weighted by Crippen LogP contribution is -2.40. The monoisotopic (exact) mass is 489 g/mol. The third-order valence-electron chi connectivity index (χ3n) is 6.25. The Morgan fingerprint density at radius 1 is 1.26 bits per heavy atom. The Hall–Kier alpha value is -3.26. The number of rotatable bonds is 5. The van der Waals surface area contributed by atoms with E-state index in [1.54, 1.807) is 29.2 Å². The minimum Gasteiger partial charge on any atom is -0.374 e. The number of fused-ring (bicyclic) bond motifs is 1. The maximum atomic E-state index is 12.9. The number of benzene rings is 2. The quantitative estimate of drug-likeness (QED) is 0.498. The molecule has 1 aromatic heterocycles. The standard InChI is InChI=1S/C25H23ClF3N3O2/c1-3-22(33)31-12-10-24(14-31,20-5-4-6-21(26)16(20)2)30-18-8-7-17-9-11-32(15-25(27,28)29)23(34)19(17)13-18/h3-9,11,13,30H,1,10,12,14-15H2,2H3. The first-order valence-corrected chi connectivity index (χ1v) is 11.1. The fraction of sp³-hybridized carbons (Fsp3) is 0.280. The lowest BCUT2D eigenvalue weighted by Gasteiger charge is -2.34. The van der Waals surface area contributed by atoms with Crippen molar-refractivity contribution in [2.24, 2.45) is 0 Å². The summed E-state index contributed by atoms with van der Waals surface area (Å²) in [5.41, 5.74) is 0.893. The van der Waals surface area contributed by atoms with Crippen molar-refractivity contribution in [2.45, 2.75) is 31.6 Å². The summed E-state index contributed by atoms with van der Waals surface area (Å²) in [6.45, 7) is 4.93. The van der Waals surface area contributed by atoms with E-state index < -0.39 is 23.8 Å². The minimum absolute atomic E-state index is 0.173. The number of amides is 1. The number of nitrogens with zero attached hydrogens (tertiary/aromatic N) is 2. The Balaban J connectivity index is 1.79. The first-order chi connectivity index (χ1) is 16.0. The summed E-state index contributed by atoms with van der Waals surface area (Å²) in [5, 5.41) is 4.77. The molecule has 1 amide bonds. The van der Waals surface area contributed by atoms with Gasteiger partial charge in [-0.05, 0) is 60.2 Å². The molecule has 34 heavy (non-hydrogen) atoms. The molecule has 1 aliphatic heterocycles. The number of hydrogen-bond acceptors (Lipinski definition) is 3. The predicted molar refractivity (Wildman–Crippen MR) is 127 cm³/mol. The highest BCUT2D eigenvalue weighted by Crippen LogP contribution is 2.39. The molecule has 1 atom stereocenters. The summed E-state index contributed by atoms with van der Waals surface area (Å²) in [6.07, 6.45) is -1.52. The molecule has 9 heteroatoms. The average Bonchev–Trinajstić information content (AvgIpc) is 3.21. The summed E-state index contributed by atoms with van der Waals surface area (Å²) in [4.78, 5) is 26.8. The number of carbonyl (C=O) groups excluding carboxylic acids is 1. The fourth-order valence-corrected chi connectivity index (χ4v) is 4.77. The van der Waals surface area contributed by atoms with E-state index in [0.717, 1.165) is 17.3 Å². The van der Waals surface area contributed by atoms with Crippen molar-refractivity contribution in [3.05, 3.63) is 87.8 Å². The Morgan fingerprint density at radius 3 is 2.74 bits per heavy atom. The molecule has 5 nitrogen and oxygen atoms in total. The first kappa shape index (κ1) is 23.9. The number of alkyl halides is 3. The minimum atomic E-state index is -4.51. The Kier molecular flexibility index (Phi) is 6.20. The summed E-state index contributed by atoms with van der Waals surface area (Å²) < 4.78 is 39.3. The van der Waals surface area contributed by atoms with E-state index in [4.69, 9.17) is 11.6 Å². The summed E-state index contributed by atoms with van der Waals surface area (Å²) in [5.74, 6) is -0.197. The molecule has 1 fully saturated rings. The van der Waals surface area contributed by atoms with Gasteiger partial charge in [0.05, 0.1) is 5.54 Å². The Bertz CT molecular complexity index is 1340. The molecule has 0 spiro atoms. The van der Waals surface area contributed by atoms with Crippen LogP contribution in [0.5, 0.6) is 0 Å². The van der Waals surface area contributed by atoms with Crippen LogP contribution in [0.2, 0.25) is 5.02 Å². The van der Waals surface area contributed by atoms with Crippen LogP contribution in [-0.4, -0.2) is 34.6 Å². The van der Waals surface area contributed by atoms with Gasteiger partial charge in [0.15, 0.2) is 0 Å². The molecule has 2 aromatic carbocycles. The highest BCUT2D eigenvalue weighted by Gasteiger charge is 2.42. The van der Waals surface area contributed by atoms with Gasteiger partial charge in [0.25, 0.3) is 5.56 Å². The van der Waals surface area contributed by atoms with Crippen molar-refractivity contribution in [1.29, 1.82) is 0 Å². The number of hydrogen-bond donors (Lipinski definition) is 1. The molecule has 178 valence electrons. The number of aromatic nitrogens is 1. The zero-order valence-electron chi connectivity index (χ0n) is 18.5. The lowest BCUT2D eigenvalue weighted by atomic mass is 9.85.